The fourth-order valence-corrected chi connectivity index (χ4v) is 4.90. The van der Waals surface area contributed by atoms with Crippen molar-refractivity contribution in [1.82, 2.24) is 4.98 Å². The van der Waals surface area contributed by atoms with Crippen LogP contribution in [0, 0.1) is 0 Å². The van der Waals surface area contributed by atoms with Crippen LogP contribution in [0.3, 0.4) is 0 Å². The van der Waals surface area contributed by atoms with Crippen LogP contribution in [0.4, 0.5) is 16.5 Å². The van der Waals surface area contributed by atoms with Crippen molar-refractivity contribution in [2.75, 3.05) is 28.0 Å². The summed E-state index contributed by atoms with van der Waals surface area (Å²) in [6, 6.07) is 14.1. The number of benzene rings is 2. The molecular weight excluding hydrogens is 396 g/mol. The quantitative estimate of drug-likeness (QED) is 0.647. The van der Waals surface area contributed by atoms with Gasteiger partial charge in [0.15, 0.2) is 5.13 Å². The summed E-state index contributed by atoms with van der Waals surface area (Å²) < 4.78 is 27.1. The van der Waals surface area contributed by atoms with Gasteiger partial charge in [-0.05, 0) is 42.3 Å². The Labute approximate surface area is 167 Å². The van der Waals surface area contributed by atoms with E-state index >= 15 is 0 Å². The van der Waals surface area contributed by atoms with Gasteiger partial charge < -0.3 is 10.2 Å². The normalized spacial score (nSPS) is 13.2. The number of thiazole rings is 1. The molecule has 144 valence electrons. The van der Waals surface area contributed by atoms with Crippen molar-refractivity contribution in [3.8, 4) is 0 Å². The molecule has 1 aromatic heterocycles. The predicted octanol–water partition coefficient (Wildman–Crippen LogP) is 2.95. The second kappa shape index (κ2) is 7.61. The smallest absolute Gasteiger partial charge is 0.263 e. The van der Waals surface area contributed by atoms with Gasteiger partial charge in [-0.3, -0.25) is 9.52 Å². The first-order valence-corrected chi connectivity index (χ1v) is 11.0. The molecule has 2 heterocycles. The number of rotatable bonds is 6. The average Bonchev–Trinajstić information content (AvgIpc) is 3.32. The van der Waals surface area contributed by atoms with Crippen molar-refractivity contribution >= 4 is 43.8 Å². The zero-order chi connectivity index (χ0) is 19.6. The van der Waals surface area contributed by atoms with Gasteiger partial charge in [-0.1, -0.05) is 18.2 Å². The lowest BCUT2D eigenvalue weighted by Crippen LogP contribution is -2.31. The van der Waals surface area contributed by atoms with E-state index in [1.807, 2.05) is 23.1 Å². The maximum absolute atomic E-state index is 12.4. The second-order valence-corrected chi connectivity index (χ2v) is 8.89. The predicted molar refractivity (Wildman–Crippen MR) is 110 cm³/mol. The van der Waals surface area contributed by atoms with E-state index in [2.05, 4.69) is 21.1 Å². The van der Waals surface area contributed by atoms with E-state index in [-0.39, 0.29) is 17.3 Å². The summed E-state index contributed by atoms with van der Waals surface area (Å²) in [4.78, 5) is 18.4. The second-order valence-electron chi connectivity index (χ2n) is 6.32. The largest absolute Gasteiger partial charge is 0.362 e. The number of para-hydroxylation sites is 1. The summed E-state index contributed by atoms with van der Waals surface area (Å²) in [5.74, 6) is -0.145. The van der Waals surface area contributed by atoms with Gasteiger partial charge in [0.05, 0.1) is 11.4 Å². The molecule has 0 saturated heterocycles. The zero-order valence-corrected chi connectivity index (χ0v) is 16.5. The third-order valence-electron chi connectivity index (χ3n) is 4.42. The number of nitrogens with zero attached hydrogens (tertiary/aromatic N) is 2. The molecule has 0 bridgehead atoms. The van der Waals surface area contributed by atoms with E-state index in [9.17, 15) is 13.2 Å². The van der Waals surface area contributed by atoms with Crippen LogP contribution in [-0.2, 0) is 21.2 Å². The van der Waals surface area contributed by atoms with E-state index in [1.54, 1.807) is 17.5 Å². The first-order valence-electron chi connectivity index (χ1n) is 8.66. The minimum atomic E-state index is -3.70. The lowest BCUT2D eigenvalue weighted by atomic mass is 10.2. The van der Waals surface area contributed by atoms with Gasteiger partial charge in [-0.2, -0.15) is 0 Å². The summed E-state index contributed by atoms with van der Waals surface area (Å²) in [6.45, 7) is 1.06. The number of fused-ring (bicyclic) bond motifs is 1. The first-order chi connectivity index (χ1) is 13.5. The molecule has 28 heavy (non-hydrogen) atoms. The summed E-state index contributed by atoms with van der Waals surface area (Å²) >= 11 is 1.20. The number of nitrogens with one attached hydrogen (secondary N) is 2. The summed E-state index contributed by atoms with van der Waals surface area (Å²) in [7, 11) is -3.70. The number of carbonyl (C=O) groups excluding carboxylic acids is 1. The molecule has 0 saturated carbocycles. The Bertz CT molecular complexity index is 1080. The molecule has 3 aromatic rings. The zero-order valence-electron chi connectivity index (χ0n) is 14.8. The Morgan fingerprint density at radius 2 is 1.93 bits per heavy atom. The van der Waals surface area contributed by atoms with Gasteiger partial charge in [-0.25, -0.2) is 13.4 Å². The molecule has 0 spiro atoms. The highest BCUT2D eigenvalue weighted by molar-refractivity contribution is 7.93. The molecular formula is C19H18N4O3S2. The van der Waals surface area contributed by atoms with Gasteiger partial charge in [-0.15, -0.1) is 11.3 Å². The number of amides is 1. The third kappa shape index (κ3) is 4.00. The molecule has 0 atom stereocenters. The Morgan fingerprint density at radius 3 is 2.68 bits per heavy atom. The van der Waals surface area contributed by atoms with Crippen molar-refractivity contribution < 1.29 is 13.2 Å². The molecule has 1 amide bonds. The molecule has 4 rings (SSSR count). The Kier molecular flexibility index (Phi) is 5.01. The molecule has 0 aliphatic carbocycles. The van der Waals surface area contributed by atoms with Gasteiger partial charge >= 0.3 is 0 Å². The standard InChI is InChI=1S/C19H18N4O3S2/c24-18(13-23-11-9-14-3-1-2-4-17(14)23)21-15-5-7-16(8-6-15)28(25,26)22-19-20-10-12-27-19/h1-8,10,12H,9,11,13H2,(H,20,22)(H,21,24). The van der Waals surface area contributed by atoms with Gasteiger partial charge in [0.1, 0.15) is 0 Å². The molecule has 0 fully saturated rings. The van der Waals surface area contributed by atoms with Crippen molar-refractivity contribution in [2.24, 2.45) is 0 Å². The topological polar surface area (TPSA) is 91.4 Å². The molecule has 1 aliphatic heterocycles. The Hall–Kier alpha value is -2.91. The molecule has 0 radical (unpaired) electrons. The van der Waals surface area contributed by atoms with Crippen LogP contribution in [0.25, 0.3) is 0 Å². The number of sulfonamides is 1. The molecule has 9 heteroatoms. The van der Waals surface area contributed by atoms with Crippen LogP contribution in [0.15, 0.2) is 65.0 Å². The lowest BCUT2D eigenvalue weighted by molar-refractivity contribution is -0.115. The first kappa shape index (κ1) is 18.5. The van der Waals surface area contributed by atoms with Crippen molar-refractivity contribution in [1.29, 1.82) is 0 Å². The van der Waals surface area contributed by atoms with Crippen LogP contribution in [0.5, 0.6) is 0 Å². The van der Waals surface area contributed by atoms with Crippen LogP contribution in [-0.4, -0.2) is 32.4 Å². The van der Waals surface area contributed by atoms with E-state index in [0.29, 0.717) is 10.8 Å². The molecule has 2 N–H and O–H groups in total. The number of hydrogen-bond acceptors (Lipinski definition) is 6. The Morgan fingerprint density at radius 1 is 1.14 bits per heavy atom. The van der Waals surface area contributed by atoms with E-state index in [4.69, 9.17) is 0 Å². The van der Waals surface area contributed by atoms with Crippen molar-refractivity contribution in [3.63, 3.8) is 0 Å². The van der Waals surface area contributed by atoms with Gasteiger partial charge in [0.25, 0.3) is 10.0 Å². The summed E-state index contributed by atoms with van der Waals surface area (Å²) in [6.07, 6.45) is 2.46. The monoisotopic (exact) mass is 414 g/mol. The third-order valence-corrected chi connectivity index (χ3v) is 6.59. The van der Waals surface area contributed by atoms with Crippen molar-refractivity contribution in [2.45, 2.75) is 11.3 Å². The lowest BCUT2D eigenvalue weighted by Gasteiger charge is -2.18. The maximum Gasteiger partial charge on any atom is 0.263 e. The van der Waals surface area contributed by atoms with E-state index in [1.165, 1.54) is 35.2 Å². The highest BCUT2D eigenvalue weighted by atomic mass is 32.2. The molecule has 2 aromatic carbocycles. The molecule has 1 aliphatic rings. The van der Waals surface area contributed by atoms with E-state index < -0.39 is 10.0 Å². The van der Waals surface area contributed by atoms with Crippen molar-refractivity contribution in [3.05, 3.63) is 65.7 Å². The highest BCUT2D eigenvalue weighted by Gasteiger charge is 2.21. The van der Waals surface area contributed by atoms with Crippen LogP contribution in [0.1, 0.15) is 5.56 Å². The fraction of sp³-hybridized carbons (Fsp3) is 0.158. The van der Waals surface area contributed by atoms with Gasteiger partial charge in [0, 0.05) is 29.5 Å². The maximum atomic E-state index is 12.4. The number of carbonyl (C=O) groups is 1. The van der Waals surface area contributed by atoms with Crippen LogP contribution in [0.2, 0.25) is 0 Å². The summed E-state index contributed by atoms with van der Waals surface area (Å²) in [5, 5.41) is 4.82. The Balaban J connectivity index is 1.39. The van der Waals surface area contributed by atoms with Crippen LogP contribution >= 0.6 is 11.3 Å². The number of anilines is 3. The SMILES string of the molecule is O=C(CN1CCc2ccccc21)Nc1ccc(S(=O)(=O)Nc2nccs2)cc1. The highest BCUT2D eigenvalue weighted by Crippen LogP contribution is 2.27. The fourth-order valence-electron chi connectivity index (χ4n) is 3.11. The average molecular weight is 415 g/mol. The van der Waals surface area contributed by atoms with Gasteiger partial charge in [0.2, 0.25) is 5.91 Å². The van der Waals surface area contributed by atoms with E-state index in [0.717, 1.165) is 18.7 Å². The summed E-state index contributed by atoms with van der Waals surface area (Å²) in [5.41, 5.74) is 2.88. The number of aromatic nitrogens is 1. The molecule has 0 unspecified atom stereocenters. The minimum Gasteiger partial charge on any atom is -0.362 e. The molecule has 7 nitrogen and oxygen atoms in total. The minimum absolute atomic E-state index is 0.106. The number of hydrogen-bond donors (Lipinski definition) is 2. The van der Waals surface area contributed by atoms with Crippen LogP contribution < -0.4 is 14.9 Å².